The van der Waals surface area contributed by atoms with E-state index in [0.29, 0.717) is 0 Å². The maximum absolute atomic E-state index is 15.0. The lowest BCUT2D eigenvalue weighted by atomic mass is 10.1. The summed E-state index contributed by atoms with van der Waals surface area (Å²) >= 11 is 1.00. The van der Waals surface area contributed by atoms with Crippen LogP contribution in [-0.2, 0) is 4.79 Å². The SMILES string of the molecule is CC#CC(C)C#Cc1cccc(-c2csc(NC(=O)c3cc(F)c(C=C(C)C(=O)O)c(F)c3)n2)c1F. The first kappa shape index (κ1) is 26.3. The van der Waals surface area contributed by atoms with Gasteiger partial charge in [0.15, 0.2) is 5.13 Å². The number of nitrogens with zero attached hydrogens (tertiary/aromatic N) is 1. The number of halogens is 3. The monoisotopic (exact) mass is 508 g/mol. The fraction of sp³-hybridized carbons (Fsp3) is 0.148. The lowest BCUT2D eigenvalue weighted by molar-refractivity contribution is -0.132. The highest BCUT2D eigenvalue weighted by Gasteiger charge is 2.18. The molecule has 2 aromatic carbocycles. The van der Waals surface area contributed by atoms with E-state index in [4.69, 9.17) is 5.11 Å². The molecule has 1 unspecified atom stereocenters. The summed E-state index contributed by atoms with van der Waals surface area (Å²) in [4.78, 5) is 27.7. The number of hydrogen-bond acceptors (Lipinski definition) is 4. The zero-order chi connectivity index (χ0) is 26.4. The molecule has 0 aliphatic carbocycles. The Balaban J connectivity index is 1.82. The normalized spacial score (nSPS) is 11.6. The molecule has 0 aliphatic rings. The van der Waals surface area contributed by atoms with Gasteiger partial charge in [-0.1, -0.05) is 23.8 Å². The summed E-state index contributed by atoms with van der Waals surface area (Å²) in [5.74, 6) is 6.09. The van der Waals surface area contributed by atoms with Crippen molar-refractivity contribution in [2.45, 2.75) is 20.8 Å². The third kappa shape index (κ3) is 6.21. The number of aromatic nitrogens is 1. The second kappa shape index (κ2) is 11.4. The maximum atomic E-state index is 15.0. The quantitative estimate of drug-likeness (QED) is 0.328. The molecule has 3 aromatic rings. The van der Waals surface area contributed by atoms with E-state index in [1.165, 1.54) is 24.4 Å². The van der Waals surface area contributed by atoms with E-state index in [-0.39, 0.29) is 39.0 Å². The Morgan fingerprint density at radius 3 is 2.50 bits per heavy atom. The smallest absolute Gasteiger partial charge is 0.331 e. The van der Waals surface area contributed by atoms with Gasteiger partial charge in [-0.25, -0.2) is 22.9 Å². The molecule has 36 heavy (non-hydrogen) atoms. The molecule has 1 amide bonds. The molecule has 1 atom stereocenters. The number of hydrogen-bond donors (Lipinski definition) is 2. The Bertz CT molecular complexity index is 1480. The van der Waals surface area contributed by atoms with Gasteiger partial charge >= 0.3 is 5.97 Å². The minimum absolute atomic E-state index is 0.0873. The van der Waals surface area contributed by atoms with Crippen LogP contribution in [0.4, 0.5) is 18.3 Å². The molecule has 0 bridgehead atoms. The summed E-state index contributed by atoms with van der Waals surface area (Å²) in [5, 5.41) is 12.9. The molecule has 0 aliphatic heterocycles. The third-order valence-electron chi connectivity index (χ3n) is 4.82. The summed E-state index contributed by atoms with van der Waals surface area (Å²) in [6, 6.07) is 6.27. The van der Waals surface area contributed by atoms with Crippen LogP contribution in [-0.4, -0.2) is 22.0 Å². The molecule has 182 valence electrons. The molecule has 3 rings (SSSR count). The highest BCUT2D eigenvalue weighted by atomic mass is 32.1. The average molecular weight is 509 g/mol. The molecule has 9 heteroatoms. The minimum atomic E-state index is -1.33. The average Bonchev–Trinajstić information content (AvgIpc) is 3.28. The van der Waals surface area contributed by atoms with Gasteiger partial charge in [-0.05, 0) is 51.1 Å². The van der Waals surface area contributed by atoms with Gasteiger partial charge in [0.05, 0.1) is 17.2 Å². The number of amides is 1. The van der Waals surface area contributed by atoms with E-state index in [1.807, 2.05) is 0 Å². The number of thiazole rings is 1. The minimum Gasteiger partial charge on any atom is -0.478 e. The summed E-state index contributed by atoms with van der Waals surface area (Å²) in [6.45, 7) is 4.69. The molecule has 0 saturated heterocycles. The van der Waals surface area contributed by atoms with Crippen molar-refractivity contribution in [3.8, 4) is 34.9 Å². The molecule has 0 saturated carbocycles. The van der Waals surface area contributed by atoms with Gasteiger partial charge in [0.1, 0.15) is 17.5 Å². The van der Waals surface area contributed by atoms with Crippen LogP contribution < -0.4 is 5.32 Å². The van der Waals surface area contributed by atoms with Crippen LogP contribution in [0.1, 0.15) is 42.3 Å². The van der Waals surface area contributed by atoms with Crippen molar-refractivity contribution in [2.75, 3.05) is 5.32 Å². The van der Waals surface area contributed by atoms with E-state index in [1.54, 1.807) is 19.9 Å². The molecule has 1 aromatic heterocycles. The molecule has 0 spiro atoms. The summed E-state index contributed by atoms with van der Waals surface area (Å²) in [6.07, 6.45) is 0.840. The van der Waals surface area contributed by atoms with E-state index >= 15 is 4.39 Å². The summed E-state index contributed by atoms with van der Waals surface area (Å²) in [5.41, 5.74) is -0.576. The van der Waals surface area contributed by atoms with Crippen molar-refractivity contribution in [1.82, 2.24) is 4.98 Å². The number of carbonyl (C=O) groups excluding carboxylic acids is 1. The van der Waals surface area contributed by atoms with Crippen LogP contribution in [0, 0.1) is 47.1 Å². The Morgan fingerprint density at radius 1 is 1.17 bits per heavy atom. The highest BCUT2D eigenvalue weighted by molar-refractivity contribution is 7.14. The third-order valence-corrected chi connectivity index (χ3v) is 5.58. The molecule has 0 fully saturated rings. The molecule has 1 heterocycles. The molecular weight excluding hydrogens is 489 g/mol. The van der Waals surface area contributed by atoms with Crippen LogP contribution in [0.25, 0.3) is 17.3 Å². The fourth-order valence-corrected chi connectivity index (χ4v) is 3.73. The van der Waals surface area contributed by atoms with E-state index in [9.17, 15) is 18.4 Å². The van der Waals surface area contributed by atoms with Crippen molar-refractivity contribution in [3.05, 3.63) is 75.4 Å². The Hall–Kier alpha value is -4.34. The Morgan fingerprint density at radius 2 is 1.86 bits per heavy atom. The number of rotatable bonds is 5. The van der Waals surface area contributed by atoms with Crippen LogP contribution in [0.3, 0.4) is 0 Å². The van der Waals surface area contributed by atoms with Gasteiger partial charge in [0, 0.05) is 27.6 Å². The van der Waals surface area contributed by atoms with E-state index in [2.05, 4.69) is 34.0 Å². The first-order valence-corrected chi connectivity index (χ1v) is 11.4. The first-order valence-electron chi connectivity index (χ1n) is 10.5. The number of aliphatic carboxylic acids is 1. The number of carboxylic acids is 1. The first-order chi connectivity index (χ1) is 17.1. The van der Waals surface area contributed by atoms with Gasteiger partial charge in [-0.2, -0.15) is 0 Å². The number of carbonyl (C=O) groups is 2. The van der Waals surface area contributed by atoms with Gasteiger partial charge in [-0.15, -0.1) is 17.3 Å². The number of anilines is 1. The fourth-order valence-electron chi connectivity index (χ4n) is 3.02. The predicted octanol–water partition coefficient (Wildman–Crippen LogP) is 5.98. The number of benzene rings is 2. The maximum Gasteiger partial charge on any atom is 0.331 e. The number of carboxylic acid groups (broad SMARTS) is 1. The number of nitrogens with one attached hydrogen (secondary N) is 1. The molecule has 2 N–H and O–H groups in total. The molecule has 0 radical (unpaired) electrons. The highest BCUT2D eigenvalue weighted by Crippen LogP contribution is 2.29. The van der Waals surface area contributed by atoms with Crippen molar-refractivity contribution in [2.24, 2.45) is 5.92 Å². The van der Waals surface area contributed by atoms with Crippen molar-refractivity contribution in [1.29, 1.82) is 0 Å². The molecular formula is C27H19F3N2O3S. The van der Waals surface area contributed by atoms with Gasteiger partial charge in [-0.3, -0.25) is 10.1 Å². The van der Waals surface area contributed by atoms with Crippen LogP contribution >= 0.6 is 11.3 Å². The zero-order valence-corrected chi connectivity index (χ0v) is 20.2. The Labute approximate surface area is 209 Å². The van der Waals surface area contributed by atoms with Crippen molar-refractivity contribution in [3.63, 3.8) is 0 Å². The second-order valence-electron chi connectivity index (χ2n) is 7.53. The molecule has 5 nitrogen and oxygen atoms in total. The van der Waals surface area contributed by atoms with Gasteiger partial charge in [0.2, 0.25) is 0 Å². The van der Waals surface area contributed by atoms with Gasteiger partial charge < -0.3 is 5.11 Å². The van der Waals surface area contributed by atoms with Crippen LogP contribution in [0.5, 0.6) is 0 Å². The Kier molecular flexibility index (Phi) is 8.31. The summed E-state index contributed by atoms with van der Waals surface area (Å²) < 4.78 is 43.7. The van der Waals surface area contributed by atoms with Crippen LogP contribution in [0.15, 0.2) is 41.3 Å². The van der Waals surface area contributed by atoms with E-state index < -0.39 is 34.9 Å². The standard InChI is InChI=1S/C27H19F3N2O3S/c1-4-6-15(2)9-10-17-7-5-8-19(24(17)30)23-14-36-27(31-23)32-25(33)18-12-21(28)20(22(29)13-18)11-16(3)26(34)35/h5,7-8,11-15H,1-3H3,(H,34,35)(H,31,32,33). The second-order valence-corrected chi connectivity index (χ2v) is 8.39. The lowest BCUT2D eigenvalue weighted by Gasteiger charge is -2.06. The van der Waals surface area contributed by atoms with Gasteiger partial charge in [0.25, 0.3) is 5.91 Å². The largest absolute Gasteiger partial charge is 0.478 e. The lowest BCUT2D eigenvalue weighted by Crippen LogP contribution is -2.13. The van der Waals surface area contributed by atoms with Crippen molar-refractivity contribution >= 4 is 34.4 Å². The van der Waals surface area contributed by atoms with Crippen LogP contribution in [0.2, 0.25) is 0 Å². The van der Waals surface area contributed by atoms with Crippen molar-refractivity contribution < 1.29 is 27.9 Å². The summed E-state index contributed by atoms with van der Waals surface area (Å²) in [7, 11) is 0. The zero-order valence-electron chi connectivity index (χ0n) is 19.4. The predicted molar refractivity (Wildman–Crippen MR) is 133 cm³/mol. The topological polar surface area (TPSA) is 79.3 Å². The van der Waals surface area contributed by atoms with E-state index in [0.717, 1.165) is 29.5 Å².